The van der Waals surface area contributed by atoms with E-state index >= 15 is 0 Å². The molecule has 0 fully saturated rings. The molecule has 146 valence electrons. The lowest BCUT2D eigenvalue weighted by Crippen LogP contribution is -2.16. The second-order valence-corrected chi connectivity index (χ2v) is 8.59. The van der Waals surface area contributed by atoms with Crippen molar-refractivity contribution in [3.63, 3.8) is 0 Å². The standard InChI is InChI=1S/C19H19N3O3S3/c1-4-25-18(24)16-13(14-6-5-7-26-14)9-27-17(16)22-15(23)10-28-19-20-11(2)8-12(3)21-19/h5-9H,4,10H2,1-3H3,(H,22,23). The van der Waals surface area contributed by atoms with Crippen molar-refractivity contribution in [2.45, 2.75) is 25.9 Å². The monoisotopic (exact) mass is 433 g/mol. The Morgan fingerprint density at radius 1 is 1.21 bits per heavy atom. The minimum atomic E-state index is -0.437. The van der Waals surface area contributed by atoms with Gasteiger partial charge >= 0.3 is 5.97 Å². The van der Waals surface area contributed by atoms with Crippen LogP contribution in [0.2, 0.25) is 0 Å². The molecule has 3 aromatic rings. The summed E-state index contributed by atoms with van der Waals surface area (Å²) >= 11 is 4.11. The van der Waals surface area contributed by atoms with E-state index in [4.69, 9.17) is 4.74 Å². The molecule has 0 unspecified atom stereocenters. The summed E-state index contributed by atoms with van der Waals surface area (Å²) in [4.78, 5) is 34.5. The van der Waals surface area contributed by atoms with Gasteiger partial charge in [-0.1, -0.05) is 17.8 Å². The predicted octanol–water partition coefficient (Wildman–Crippen LogP) is 4.79. The van der Waals surface area contributed by atoms with Crippen molar-refractivity contribution in [3.8, 4) is 10.4 Å². The Kier molecular flexibility index (Phi) is 6.82. The van der Waals surface area contributed by atoms with E-state index in [1.54, 1.807) is 6.92 Å². The van der Waals surface area contributed by atoms with Gasteiger partial charge in [0, 0.05) is 27.2 Å². The Labute approximate surface area is 175 Å². The number of nitrogens with zero attached hydrogens (tertiary/aromatic N) is 2. The zero-order chi connectivity index (χ0) is 20.1. The molecule has 0 spiro atoms. The predicted molar refractivity (Wildman–Crippen MR) is 114 cm³/mol. The number of anilines is 1. The third kappa shape index (κ3) is 4.98. The van der Waals surface area contributed by atoms with Crippen LogP contribution < -0.4 is 5.32 Å². The molecule has 3 aromatic heterocycles. The van der Waals surface area contributed by atoms with Crippen molar-refractivity contribution in [1.29, 1.82) is 0 Å². The number of nitrogens with one attached hydrogen (secondary N) is 1. The quantitative estimate of drug-likeness (QED) is 0.328. The summed E-state index contributed by atoms with van der Waals surface area (Å²) in [5, 5.41) is 7.71. The van der Waals surface area contributed by atoms with Gasteiger partial charge in [0.05, 0.1) is 12.4 Å². The average molecular weight is 434 g/mol. The number of hydrogen-bond donors (Lipinski definition) is 1. The van der Waals surface area contributed by atoms with Gasteiger partial charge < -0.3 is 10.1 Å². The van der Waals surface area contributed by atoms with Crippen LogP contribution >= 0.6 is 34.4 Å². The first-order valence-electron chi connectivity index (χ1n) is 8.55. The van der Waals surface area contributed by atoms with E-state index in [-0.39, 0.29) is 18.3 Å². The van der Waals surface area contributed by atoms with Crippen LogP contribution in [-0.4, -0.2) is 34.2 Å². The molecule has 0 saturated carbocycles. The van der Waals surface area contributed by atoms with Crippen LogP contribution in [0, 0.1) is 13.8 Å². The third-order valence-corrected chi connectivity index (χ3v) is 6.25. The van der Waals surface area contributed by atoms with Gasteiger partial charge in [0.2, 0.25) is 5.91 Å². The van der Waals surface area contributed by atoms with Gasteiger partial charge in [-0.15, -0.1) is 22.7 Å². The van der Waals surface area contributed by atoms with Crippen molar-refractivity contribution in [3.05, 3.63) is 45.9 Å². The summed E-state index contributed by atoms with van der Waals surface area (Å²) in [7, 11) is 0. The molecular weight excluding hydrogens is 414 g/mol. The molecule has 1 amide bonds. The second kappa shape index (κ2) is 9.31. The highest BCUT2D eigenvalue weighted by Crippen LogP contribution is 2.38. The zero-order valence-corrected chi connectivity index (χ0v) is 18.1. The number of carbonyl (C=O) groups is 2. The SMILES string of the molecule is CCOC(=O)c1c(-c2cccs2)csc1NC(=O)CSc1nc(C)cc(C)n1. The number of rotatable bonds is 7. The molecule has 0 aliphatic heterocycles. The largest absolute Gasteiger partial charge is 0.462 e. The summed E-state index contributed by atoms with van der Waals surface area (Å²) in [6.07, 6.45) is 0. The molecule has 3 heterocycles. The Bertz CT molecular complexity index is 963. The van der Waals surface area contributed by atoms with Gasteiger partial charge in [-0.3, -0.25) is 4.79 Å². The van der Waals surface area contributed by atoms with Gasteiger partial charge in [-0.2, -0.15) is 0 Å². The van der Waals surface area contributed by atoms with E-state index in [1.807, 2.05) is 42.8 Å². The fourth-order valence-electron chi connectivity index (χ4n) is 2.52. The van der Waals surface area contributed by atoms with E-state index in [2.05, 4.69) is 15.3 Å². The molecule has 9 heteroatoms. The number of hydrogen-bond acceptors (Lipinski definition) is 8. The highest BCUT2D eigenvalue weighted by atomic mass is 32.2. The normalized spacial score (nSPS) is 10.7. The highest BCUT2D eigenvalue weighted by Gasteiger charge is 2.23. The van der Waals surface area contributed by atoms with E-state index in [0.717, 1.165) is 21.8 Å². The number of aromatic nitrogens is 2. The maximum absolute atomic E-state index is 12.5. The fraction of sp³-hybridized carbons (Fsp3) is 0.263. The number of ether oxygens (including phenoxy) is 1. The van der Waals surface area contributed by atoms with Gasteiger partial charge in [0.15, 0.2) is 5.16 Å². The van der Waals surface area contributed by atoms with Crippen LogP contribution in [0.1, 0.15) is 28.7 Å². The first-order valence-corrected chi connectivity index (χ1v) is 11.3. The molecule has 0 aromatic carbocycles. The molecule has 6 nitrogen and oxygen atoms in total. The smallest absolute Gasteiger partial charge is 0.341 e. The maximum Gasteiger partial charge on any atom is 0.341 e. The maximum atomic E-state index is 12.5. The Morgan fingerprint density at radius 2 is 1.96 bits per heavy atom. The first-order chi connectivity index (χ1) is 13.5. The van der Waals surface area contributed by atoms with Crippen molar-refractivity contribution in [2.24, 2.45) is 0 Å². The molecule has 0 aliphatic carbocycles. The van der Waals surface area contributed by atoms with E-state index in [9.17, 15) is 9.59 Å². The number of thiophene rings is 2. The van der Waals surface area contributed by atoms with Crippen molar-refractivity contribution in [2.75, 3.05) is 17.7 Å². The summed E-state index contributed by atoms with van der Waals surface area (Å²) in [6.45, 7) is 5.81. The van der Waals surface area contributed by atoms with Crippen molar-refractivity contribution in [1.82, 2.24) is 9.97 Å². The number of aryl methyl sites for hydroxylation is 2. The third-order valence-electron chi connectivity index (χ3n) is 3.60. The topological polar surface area (TPSA) is 81.2 Å². The number of carbonyl (C=O) groups excluding carboxylic acids is 2. The summed E-state index contributed by atoms with van der Waals surface area (Å²) < 4.78 is 5.20. The van der Waals surface area contributed by atoms with Crippen LogP contribution in [0.5, 0.6) is 0 Å². The Balaban J connectivity index is 1.75. The van der Waals surface area contributed by atoms with Gasteiger partial charge in [-0.25, -0.2) is 14.8 Å². The zero-order valence-electron chi connectivity index (χ0n) is 15.6. The van der Waals surface area contributed by atoms with Crippen molar-refractivity contribution >= 4 is 51.3 Å². The summed E-state index contributed by atoms with van der Waals surface area (Å²) in [5.41, 5.74) is 2.90. The van der Waals surface area contributed by atoms with Crippen LogP contribution in [-0.2, 0) is 9.53 Å². The second-order valence-electron chi connectivity index (χ2n) is 5.82. The van der Waals surface area contributed by atoms with E-state index in [1.165, 1.54) is 34.4 Å². The number of amides is 1. The molecule has 28 heavy (non-hydrogen) atoms. The summed E-state index contributed by atoms with van der Waals surface area (Å²) in [6, 6.07) is 5.74. The lowest BCUT2D eigenvalue weighted by molar-refractivity contribution is -0.113. The molecule has 0 saturated heterocycles. The first kappa shape index (κ1) is 20.5. The molecule has 1 N–H and O–H groups in total. The fourth-order valence-corrected chi connectivity index (χ4v) is 5.06. The minimum Gasteiger partial charge on any atom is -0.462 e. The van der Waals surface area contributed by atoms with Crippen molar-refractivity contribution < 1.29 is 14.3 Å². The van der Waals surface area contributed by atoms with Crippen LogP contribution in [0.3, 0.4) is 0 Å². The number of esters is 1. The van der Waals surface area contributed by atoms with E-state index < -0.39 is 5.97 Å². The highest BCUT2D eigenvalue weighted by molar-refractivity contribution is 7.99. The van der Waals surface area contributed by atoms with Crippen LogP contribution in [0.15, 0.2) is 34.1 Å². The lowest BCUT2D eigenvalue weighted by Gasteiger charge is -2.08. The molecule has 0 atom stereocenters. The van der Waals surface area contributed by atoms with Gasteiger partial charge in [0.25, 0.3) is 0 Å². The summed E-state index contributed by atoms with van der Waals surface area (Å²) in [5.74, 6) is -0.511. The van der Waals surface area contributed by atoms with Crippen LogP contribution in [0.25, 0.3) is 10.4 Å². The Morgan fingerprint density at radius 3 is 2.61 bits per heavy atom. The van der Waals surface area contributed by atoms with Crippen LogP contribution in [0.4, 0.5) is 5.00 Å². The lowest BCUT2D eigenvalue weighted by atomic mass is 10.1. The van der Waals surface area contributed by atoms with E-state index in [0.29, 0.717) is 15.7 Å². The molecule has 0 radical (unpaired) electrons. The van der Waals surface area contributed by atoms with Gasteiger partial charge in [0.1, 0.15) is 10.6 Å². The molecular formula is C19H19N3O3S3. The molecule has 3 rings (SSSR count). The molecule has 0 aliphatic rings. The number of thioether (sulfide) groups is 1. The average Bonchev–Trinajstić information content (AvgIpc) is 3.29. The Hall–Kier alpha value is -2.23. The minimum absolute atomic E-state index is 0.150. The molecule has 0 bridgehead atoms. The van der Waals surface area contributed by atoms with Gasteiger partial charge in [-0.05, 0) is 38.3 Å².